The fraction of sp³-hybridized carbons (Fsp3) is 0.0526. The van der Waals surface area contributed by atoms with Crippen molar-refractivity contribution in [2.75, 3.05) is 0 Å². The fourth-order valence-electron chi connectivity index (χ4n) is 2.75. The Morgan fingerprint density at radius 2 is 1.75 bits per heavy atom. The molecule has 1 fully saturated rings. The summed E-state index contributed by atoms with van der Waals surface area (Å²) in [5.74, 6) is -0.332. The van der Waals surface area contributed by atoms with Crippen molar-refractivity contribution >= 4 is 51.3 Å². The Morgan fingerprint density at radius 3 is 2.39 bits per heavy atom. The van der Waals surface area contributed by atoms with Crippen molar-refractivity contribution in [2.45, 2.75) is 6.18 Å². The average Bonchev–Trinajstić information content (AvgIpc) is 2.97. The molecule has 4 nitrogen and oxygen atoms in total. The minimum Gasteiger partial charge on any atom is -0.307 e. The number of halogens is 3. The normalized spacial score (nSPS) is 16.0. The summed E-state index contributed by atoms with van der Waals surface area (Å²) in [5, 5.41) is 2.50. The van der Waals surface area contributed by atoms with Gasteiger partial charge in [0.25, 0.3) is 5.91 Å². The number of nitrogens with one attached hydrogen (secondary N) is 1. The molecule has 28 heavy (non-hydrogen) atoms. The Balaban J connectivity index is 1.85. The molecular weight excluding hydrogens is 407 g/mol. The summed E-state index contributed by atoms with van der Waals surface area (Å²) in [4.78, 5) is 20.2. The van der Waals surface area contributed by atoms with Crippen LogP contribution in [0, 0.1) is 0 Å². The highest BCUT2D eigenvalue weighted by molar-refractivity contribution is 8.26. The molecule has 1 aliphatic rings. The summed E-state index contributed by atoms with van der Waals surface area (Å²) in [6, 6.07) is 12.8. The SMILES string of the molecule is O=C1NC(=S)SC1=Cc1cccc(-c2nc3ccccc3nc2C(F)(F)F)c1. The Hall–Kier alpha value is -2.78. The average molecular weight is 417 g/mol. The van der Waals surface area contributed by atoms with Crippen molar-refractivity contribution in [3.05, 3.63) is 64.7 Å². The lowest BCUT2D eigenvalue weighted by Gasteiger charge is -2.13. The molecule has 0 aliphatic carbocycles. The van der Waals surface area contributed by atoms with E-state index in [9.17, 15) is 18.0 Å². The number of amides is 1. The Labute approximate surface area is 166 Å². The number of thioether (sulfide) groups is 1. The van der Waals surface area contributed by atoms with Gasteiger partial charge in [0.15, 0.2) is 5.69 Å². The van der Waals surface area contributed by atoms with Crippen LogP contribution in [0.4, 0.5) is 13.2 Å². The number of fused-ring (bicyclic) bond motifs is 1. The van der Waals surface area contributed by atoms with E-state index in [-0.39, 0.29) is 22.7 Å². The smallest absolute Gasteiger partial charge is 0.307 e. The number of para-hydroxylation sites is 2. The third-order valence-electron chi connectivity index (χ3n) is 3.94. The van der Waals surface area contributed by atoms with Crippen molar-refractivity contribution in [1.29, 1.82) is 0 Å². The zero-order chi connectivity index (χ0) is 19.9. The summed E-state index contributed by atoms with van der Waals surface area (Å²) in [7, 11) is 0. The van der Waals surface area contributed by atoms with Crippen LogP contribution in [0.15, 0.2) is 53.4 Å². The molecule has 2 aromatic carbocycles. The first-order chi connectivity index (χ1) is 13.3. The second kappa shape index (κ2) is 6.99. The lowest BCUT2D eigenvalue weighted by atomic mass is 10.0. The lowest BCUT2D eigenvalue weighted by Crippen LogP contribution is -2.17. The van der Waals surface area contributed by atoms with Gasteiger partial charge >= 0.3 is 6.18 Å². The Bertz CT molecular complexity index is 1160. The largest absolute Gasteiger partial charge is 0.435 e. The molecule has 1 amide bonds. The number of hydrogen-bond acceptors (Lipinski definition) is 5. The maximum Gasteiger partial charge on any atom is 0.435 e. The summed E-state index contributed by atoms with van der Waals surface area (Å²) >= 11 is 6.04. The van der Waals surface area contributed by atoms with Gasteiger partial charge in [-0.15, -0.1) is 0 Å². The highest BCUT2D eigenvalue weighted by atomic mass is 32.2. The predicted octanol–water partition coefficient (Wildman–Crippen LogP) is 4.80. The van der Waals surface area contributed by atoms with Gasteiger partial charge in [-0.25, -0.2) is 9.97 Å². The number of aromatic nitrogens is 2. The van der Waals surface area contributed by atoms with Gasteiger partial charge in [0.05, 0.1) is 15.9 Å². The molecule has 1 aliphatic heterocycles. The molecular formula is C19H10F3N3OS2. The van der Waals surface area contributed by atoms with Crippen LogP contribution in [0.1, 0.15) is 11.3 Å². The van der Waals surface area contributed by atoms with Crippen molar-refractivity contribution in [3.8, 4) is 11.3 Å². The van der Waals surface area contributed by atoms with Crippen molar-refractivity contribution in [2.24, 2.45) is 0 Å². The van der Waals surface area contributed by atoms with E-state index >= 15 is 0 Å². The van der Waals surface area contributed by atoms with Gasteiger partial charge in [0.1, 0.15) is 10.0 Å². The summed E-state index contributed by atoms with van der Waals surface area (Å²) in [6.07, 6.45) is -3.08. The Kier molecular flexibility index (Phi) is 4.64. The number of benzene rings is 2. The third kappa shape index (κ3) is 3.63. The Morgan fingerprint density at radius 1 is 1.04 bits per heavy atom. The molecule has 0 unspecified atom stereocenters. The van der Waals surface area contributed by atoms with E-state index in [1.807, 2.05) is 0 Å². The maximum absolute atomic E-state index is 13.6. The van der Waals surface area contributed by atoms with Gasteiger partial charge < -0.3 is 5.32 Å². The van der Waals surface area contributed by atoms with Crippen LogP contribution in [0.2, 0.25) is 0 Å². The number of carbonyl (C=O) groups is 1. The summed E-state index contributed by atoms with van der Waals surface area (Å²) < 4.78 is 41.1. The second-order valence-electron chi connectivity index (χ2n) is 5.88. The van der Waals surface area contributed by atoms with Gasteiger partial charge in [0, 0.05) is 5.56 Å². The van der Waals surface area contributed by atoms with Crippen LogP contribution in [0.5, 0.6) is 0 Å². The zero-order valence-corrected chi connectivity index (χ0v) is 15.6. The summed E-state index contributed by atoms with van der Waals surface area (Å²) in [5.41, 5.74) is 0.0409. The van der Waals surface area contributed by atoms with E-state index < -0.39 is 11.9 Å². The van der Waals surface area contributed by atoms with E-state index in [4.69, 9.17) is 12.2 Å². The topological polar surface area (TPSA) is 54.9 Å². The quantitative estimate of drug-likeness (QED) is 0.479. The molecule has 0 saturated carbocycles. The number of thiocarbonyl (C=S) groups is 1. The van der Waals surface area contributed by atoms with Crippen LogP contribution in [-0.4, -0.2) is 20.2 Å². The standard InChI is InChI=1S/C19H10F3N3OS2/c20-19(21,22)16-15(23-12-6-1-2-7-13(12)24-16)11-5-3-4-10(8-11)9-14-17(26)25-18(27)28-14/h1-9H,(H,25,26,27). The molecule has 2 heterocycles. The van der Waals surface area contributed by atoms with Crippen LogP contribution < -0.4 is 5.32 Å². The van der Waals surface area contributed by atoms with Crippen LogP contribution in [-0.2, 0) is 11.0 Å². The molecule has 0 spiro atoms. The molecule has 0 bridgehead atoms. The number of alkyl halides is 3. The third-order valence-corrected chi connectivity index (χ3v) is 5.10. The molecule has 0 atom stereocenters. The zero-order valence-electron chi connectivity index (χ0n) is 13.9. The minimum absolute atomic E-state index is 0.171. The molecule has 9 heteroatoms. The number of nitrogens with zero attached hydrogens (tertiary/aromatic N) is 2. The van der Waals surface area contributed by atoms with E-state index in [0.29, 0.717) is 20.3 Å². The predicted molar refractivity (Wildman–Crippen MR) is 106 cm³/mol. The number of carbonyl (C=O) groups excluding carboxylic acids is 1. The van der Waals surface area contributed by atoms with E-state index in [1.165, 1.54) is 18.2 Å². The minimum atomic E-state index is -4.66. The molecule has 0 radical (unpaired) electrons. The lowest BCUT2D eigenvalue weighted by molar-refractivity contribution is -0.140. The highest BCUT2D eigenvalue weighted by Crippen LogP contribution is 2.36. The van der Waals surface area contributed by atoms with Gasteiger partial charge in [-0.2, -0.15) is 13.2 Å². The monoisotopic (exact) mass is 417 g/mol. The van der Waals surface area contributed by atoms with Gasteiger partial charge in [-0.05, 0) is 29.8 Å². The fourth-order valence-corrected chi connectivity index (χ4v) is 3.79. The molecule has 1 N–H and O–H groups in total. The van der Waals surface area contributed by atoms with Gasteiger partial charge in [0.2, 0.25) is 0 Å². The van der Waals surface area contributed by atoms with Crippen molar-refractivity contribution in [3.63, 3.8) is 0 Å². The maximum atomic E-state index is 13.6. The number of hydrogen-bond donors (Lipinski definition) is 1. The molecule has 4 rings (SSSR count). The molecule has 1 saturated heterocycles. The first-order valence-electron chi connectivity index (χ1n) is 8.00. The summed E-state index contributed by atoms with van der Waals surface area (Å²) in [6.45, 7) is 0. The first kappa shape index (κ1) is 18.6. The van der Waals surface area contributed by atoms with E-state index in [0.717, 1.165) is 11.8 Å². The van der Waals surface area contributed by atoms with Crippen molar-refractivity contribution < 1.29 is 18.0 Å². The van der Waals surface area contributed by atoms with Crippen LogP contribution in [0.3, 0.4) is 0 Å². The van der Waals surface area contributed by atoms with Gasteiger partial charge in [-0.1, -0.05) is 54.3 Å². The first-order valence-corrected chi connectivity index (χ1v) is 9.23. The van der Waals surface area contributed by atoms with E-state index in [1.54, 1.807) is 36.4 Å². The second-order valence-corrected chi connectivity index (χ2v) is 7.60. The van der Waals surface area contributed by atoms with Crippen molar-refractivity contribution in [1.82, 2.24) is 15.3 Å². The molecule has 1 aromatic heterocycles. The van der Waals surface area contributed by atoms with Gasteiger partial charge in [-0.3, -0.25) is 4.79 Å². The molecule has 3 aromatic rings. The number of rotatable bonds is 2. The molecule has 140 valence electrons. The van der Waals surface area contributed by atoms with Crippen LogP contribution >= 0.6 is 24.0 Å². The van der Waals surface area contributed by atoms with E-state index in [2.05, 4.69) is 15.3 Å². The van der Waals surface area contributed by atoms with Crippen LogP contribution in [0.25, 0.3) is 28.4 Å². The highest BCUT2D eigenvalue weighted by Gasteiger charge is 2.37.